The number of benzene rings is 2. The molecule has 8 nitrogen and oxygen atoms in total. The molecule has 1 N–H and O–H groups in total. The van der Waals surface area contributed by atoms with Crippen molar-refractivity contribution < 1.29 is 14.3 Å². The van der Waals surface area contributed by atoms with Crippen LogP contribution in [0.15, 0.2) is 67.0 Å². The summed E-state index contributed by atoms with van der Waals surface area (Å²) in [5, 5.41) is 3.25. The van der Waals surface area contributed by atoms with Gasteiger partial charge in [-0.2, -0.15) is 0 Å². The zero-order chi connectivity index (χ0) is 29.0. The second-order valence-corrected chi connectivity index (χ2v) is 10.7. The molecule has 0 spiro atoms. The average molecular weight is 540 g/mol. The number of hydrogen-bond donors (Lipinski definition) is 1. The molecule has 4 aromatic rings. The molecular formula is C32H37N5O3. The van der Waals surface area contributed by atoms with Gasteiger partial charge in [-0.05, 0) is 88.6 Å². The highest BCUT2D eigenvalue weighted by Gasteiger charge is 2.22. The van der Waals surface area contributed by atoms with Crippen LogP contribution in [0.2, 0.25) is 0 Å². The topological polar surface area (TPSA) is 89.3 Å². The maximum absolute atomic E-state index is 13.6. The van der Waals surface area contributed by atoms with Crippen molar-refractivity contribution in [2.45, 2.75) is 53.6 Å². The standard InChI is InChI=1S/C32H37N5O3/c1-8-22-12-10-11-13-27(22)37(9-2)29(38)24-19-28(36(7)20-24)26-16-17-33-31(35-26)34-25-15-14-23(18-21(25)3)30(39)40-32(4,5)6/h10-20H,8-9H2,1-7H3,(H,33,34,35). The Morgan fingerprint density at radius 3 is 2.45 bits per heavy atom. The average Bonchev–Trinajstić information content (AvgIpc) is 3.31. The summed E-state index contributed by atoms with van der Waals surface area (Å²) < 4.78 is 7.38. The van der Waals surface area contributed by atoms with Gasteiger partial charge in [-0.25, -0.2) is 14.8 Å². The molecule has 0 bridgehead atoms. The van der Waals surface area contributed by atoms with Crippen LogP contribution in [0.25, 0.3) is 11.4 Å². The molecule has 0 aliphatic rings. The summed E-state index contributed by atoms with van der Waals surface area (Å²) in [6.45, 7) is 12.1. The van der Waals surface area contributed by atoms with Crippen molar-refractivity contribution in [1.82, 2.24) is 14.5 Å². The Morgan fingerprint density at radius 1 is 1.02 bits per heavy atom. The molecule has 4 rings (SSSR count). The molecule has 0 aliphatic carbocycles. The number of para-hydroxylation sites is 1. The van der Waals surface area contributed by atoms with E-state index in [1.165, 1.54) is 0 Å². The Kier molecular flexibility index (Phi) is 8.38. The molecule has 0 unspecified atom stereocenters. The predicted octanol–water partition coefficient (Wildman–Crippen LogP) is 6.72. The molecular weight excluding hydrogens is 502 g/mol. The fraction of sp³-hybridized carbons (Fsp3) is 0.312. The number of esters is 1. The van der Waals surface area contributed by atoms with Crippen LogP contribution in [0.5, 0.6) is 0 Å². The van der Waals surface area contributed by atoms with E-state index in [1.54, 1.807) is 18.3 Å². The van der Waals surface area contributed by atoms with E-state index in [4.69, 9.17) is 9.72 Å². The van der Waals surface area contributed by atoms with Crippen molar-refractivity contribution in [3.05, 3.63) is 89.2 Å². The molecule has 0 saturated heterocycles. The Labute approximate surface area is 236 Å². The van der Waals surface area contributed by atoms with E-state index < -0.39 is 5.60 Å². The summed E-state index contributed by atoms with van der Waals surface area (Å²) in [4.78, 5) is 36.9. The van der Waals surface area contributed by atoms with E-state index in [2.05, 4.69) is 23.3 Å². The maximum atomic E-state index is 13.6. The SMILES string of the molecule is CCc1ccccc1N(CC)C(=O)c1cc(-c2ccnc(Nc3ccc(C(=O)OC(C)(C)C)cc3C)n2)n(C)c1. The zero-order valence-electron chi connectivity index (χ0n) is 24.3. The quantitative estimate of drug-likeness (QED) is 0.250. The van der Waals surface area contributed by atoms with Gasteiger partial charge in [-0.3, -0.25) is 4.79 Å². The van der Waals surface area contributed by atoms with Crippen molar-refractivity contribution in [3.63, 3.8) is 0 Å². The molecule has 0 radical (unpaired) electrons. The number of aryl methyl sites for hydroxylation is 3. The number of nitrogens with one attached hydrogen (secondary N) is 1. The van der Waals surface area contributed by atoms with E-state index in [-0.39, 0.29) is 11.9 Å². The lowest BCUT2D eigenvalue weighted by Crippen LogP contribution is -2.31. The van der Waals surface area contributed by atoms with Crippen LogP contribution in [-0.4, -0.2) is 38.6 Å². The van der Waals surface area contributed by atoms with Gasteiger partial charge in [-0.1, -0.05) is 25.1 Å². The van der Waals surface area contributed by atoms with Crippen LogP contribution in [-0.2, 0) is 18.2 Å². The minimum Gasteiger partial charge on any atom is -0.456 e. The number of carbonyl (C=O) groups excluding carboxylic acids is 2. The van der Waals surface area contributed by atoms with Gasteiger partial charge in [0.15, 0.2) is 0 Å². The van der Waals surface area contributed by atoms with Gasteiger partial charge in [0.05, 0.1) is 22.5 Å². The first-order valence-corrected chi connectivity index (χ1v) is 13.5. The fourth-order valence-corrected chi connectivity index (χ4v) is 4.54. The molecule has 0 fully saturated rings. The lowest BCUT2D eigenvalue weighted by Gasteiger charge is -2.23. The maximum Gasteiger partial charge on any atom is 0.338 e. The summed E-state index contributed by atoms with van der Waals surface area (Å²) in [6, 6.07) is 17.0. The number of ether oxygens (including phenoxy) is 1. The molecule has 0 aliphatic heterocycles. The van der Waals surface area contributed by atoms with Crippen molar-refractivity contribution >= 4 is 29.2 Å². The van der Waals surface area contributed by atoms with E-state index in [0.717, 1.165) is 34.6 Å². The largest absolute Gasteiger partial charge is 0.456 e. The second kappa shape index (κ2) is 11.7. The first kappa shape index (κ1) is 28.5. The lowest BCUT2D eigenvalue weighted by molar-refractivity contribution is 0.00693. The van der Waals surface area contributed by atoms with Crippen molar-refractivity contribution in [2.24, 2.45) is 7.05 Å². The number of anilines is 3. The number of aromatic nitrogens is 3. The van der Waals surface area contributed by atoms with Gasteiger partial charge in [-0.15, -0.1) is 0 Å². The monoisotopic (exact) mass is 539 g/mol. The summed E-state index contributed by atoms with van der Waals surface area (Å²) in [5.74, 6) is -0.0145. The molecule has 0 atom stereocenters. The highest BCUT2D eigenvalue weighted by Crippen LogP contribution is 2.27. The third-order valence-electron chi connectivity index (χ3n) is 6.50. The smallest absolute Gasteiger partial charge is 0.338 e. The molecule has 2 aromatic carbocycles. The lowest BCUT2D eigenvalue weighted by atomic mass is 10.1. The van der Waals surface area contributed by atoms with Crippen LogP contribution < -0.4 is 10.2 Å². The molecule has 40 heavy (non-hydrogen) atoms. The number of nitrogens with zero attached hydrogens (tertiary/aromatic N) is 4. The minimum absolute atomic E-state index is 0.0571. The van der Waals surface area contributed by atoms with Gasteiger partial charge in [0.2, 0.25) is 5.95 Å². The third-order valence-corrected chi connectivity index (χ3v) is 6.50. The number of carbonyl (C=O) groups is 2. The summed E-state index contributed by atoms with van der Waals surface area (Å²) in [5.41, 5.74) is 5.69. The van der Waals surface area contributed by atoms with Gasteiger partial charge >= 0.3 is 5.97 Å². The van der Waals surface area contributed by atoms with Gasteiger partial charge in [0, 0.05) is 37.4 Å². The van der Waals surface area contributed by atoms with Crippen molar-refractivity contribution in [1.29, 1.82) is 0 Å². The summed E-state index contributed by atoms with van der Waals surface area (Å²) >= 11 is 0. The minimum atomic E-state index is -0.563. The normalized spacial score (nSPS) is 11.3. The van der Waals surface area contributed by atoms with Crippen LogP contribution in [0.4, 0.5) is 17.3 Å². The summed E-state index contributed by atoms with van der Waals surface area (Å²) in [6.07, 6.45) is 4.36. The van der Waals surface area contributed by atoms with E-state index >= 15 is 0 Å². The molecule has 2 aromatic heterocycles. The number of hydrogen-bond acceptors (Lipinski definition) is 6. The van der Waals surface area contributed by atoms with Gasteiger partial charge in [0.25, 0.3) is 5.91 Å². The molecule has 2 heterocycles. The Bertz CT molecular complexity index is 1530. The van der Waals surface area contributed by atoms with Crippen LogP contribution >= 0.6 is 0 Å². The molecule has 208 valence electrons. The highest BCUT2D eigenvalue weighted by molar-refractivity contribution is 6.07. The molecule has 0 saturated carbocycles. The van der Waals surface area contributed by atoms with Crippen LogP contribution in [0.1, 0.15) is 66.5 Å². The van der Waals surface area contributed by atoms with Crippen LogP contribution in [0.3, 0.4) is 0 Å². The first-order valence-electron chi connectivity index (χ1n) is 13.5. The third kappa shape index (κ3) is 6.39. The Morgan fingerprint density at radius 2 is 1.77 bits per heavy atom. The van der Waals surface area contributed by atoms with Crippen molar-refractivity contribution in [2.75, 3.05) is 16.8 Å². The van der Waals surface area contributed by atoms with Gasteiger partial charge in [0.1, 0.15) is 5.60 Å². The fourth-order valence-electron chi connectivity index (χ4n) is 4.54. The number of amides is 1. The molecule has 8 heteroatoms. The molecule has 1 amide bonds. The zero-order valence-corrected chi connectivity index (χ0v) is 24.3. The Hall–Kier alpha value is -4.46. The second-order valence-electron chi connectivity index (χ2n) is 10.7. The van der Waals surface area contributed by atoms with E-state index in [1.807, 2.05) is 93.7 Å². The van der Waals surface area contributed by atoms with Gasteiger partial charge < -0.3 is 19.5 Å². The predicted molar refractivity (Wildman–Crippen MR) is 159 cm³/mol. The highest BCUT2D eigenvalue weighted by atomic mass is 16.6. The first-order chi connectivity index (χ1) is 19.0. The van der Waals surface area contributed by atoms with E-state index in [9.17, 15) is 9.59 Å². The van der Waals surface area contributed by atoms with E-state index in [0.29, 0.717) is 29.3 Å². The number of rotatable bonds is 8. The van der Waals surface area contributed by atoms with Crippen molar-refractivity contribution in [3.8, 4) is 11.4 Å². The van der Waals surface area contributed by atoms with Crippen LogP contribution in [0, 0.1) is 6.92 Å². The Balaban J connectivity index is 1.56. The summed E-state index contributed by atoms with van der Waals surface area (Å²) in [7, 11) is 1.90.